The minimum atomic E-state index is -0.385. The van der Waals surface area contributed by atoms with Crippen LogP contribution in [-0.2, 0) is 9.59 Å². The molecule has 0 aliphatic heterocycles. The number of hydrogen-bond donors (Lipinski definition) is 1. The second-order valence-electron chi connectivity index (χ2n) is 7.85. The fourth-order valence-corrected chi connectivity index (χ4v) is 4.03. The number of carbonyl (C=O) groups is 2. The molecule has 0 saturated carbocycles. The number of thioether (sulfide) groups is 1. The van der Waals surface area contributed by atoms with Gasteiger partial charge in [0, 0.05) is 30.6 Å². The van der Waals surface area contributed by atoms with Crippen LogP contribution in [0.25, 0.3) is 17.1 Å². The molecule has 0 aliphatic carbocycles. The maximum atomic E-state index is 12.5. The molecule has 4 aromatic rings. The number of hydrazone groups is 1. The first kappa shape index (κ1) is 24.8. The summed E-state index contributed by atoms with van der Waals surface area (Å²) in [6.45, 7) is 5.15. The summed E-state index contributed by atoms with van der Waals surface area (Å²) in [5, 5.41) is 13.5. The topological polar surface area (TPSA) is 111 Å². The molecule has 0 spiro atoms. The molecule has 2 heterocycles. The Labute approximate surface area is 212 Å². The van der Waals surface area contributed by atoms with E-state index in [2.05, 4.69) is 25.7 Å². The molecule has 10 heteroatoms. The Hall–Kier alpha value is -4.31. The third-order valence-electron chi connectivity index (χ3n) is 5.08. The van der Waals surface area contributed by atoms with Gasteiger partial charge in [-0.2, -0.15) is 5.10 Å². The highest BCUT2D eigenvalue weighted by Gasteiger charge is 2.17. The Balaban J connectivity index is 1.46. The summed E-state index contributed by atoms with van der Waals surface area (Å²) in [7, 11) is 0. The van der Waals surface area contributed by atoms with Crippen molar-refractivity contribution in [1.82, 2.24) is 25.2 Å². The number of ether oxygens (including phenoxy) is 1. The second kappa shape index (κ2) is 11.4. The van der Waals surface area contributed by atoms with Crippen molar-refractivity contribution in [1.29, 1.82) is 0 Å². The van der Waals surface area contributed by atoms with Crippen LogP contribution in [0.3, 0.4) is 0 Å². The van der Waals surface area contributed by atoms with Gasteiger partial charge >= 0.3 is 5.97 Å². The van der Waals surface area contributed by atoms with Crippen molar-refractivity contribution >= 4 is 29.4 Å². The van der Waals surface area contributed by atoms with Gasteiger partial charge in [0.2, 0.25) is 0 Å². The molecule has 0 unspecified atom stereocenters. The fraction of sp³-hybridized carbons (Fsp3) is 0.154. The molecule has 0 radical (unpaired) electrons. The van der Waals surface area contributed by atoms with Crippen LogP contribution < -0.4 is 10.2 Å². The highest BCUT2D eigenvalue weighted by molar-refractivity contribution is 7.99. The van der Waals surface area contributed by atoms with Gasteiger partial charge in [-0.3, -0.25) is 19.1 Å². The first-order chi connectivity index (χ1) is 17.4. The number of esters is 1. The normalized spacial score (nSPS) is 11.2. The molecule has 1 amide bonds. The van der Waals surface area contributed by atoms with Gasteiger partial charge < -0.3 is 4.74 Å². The zero-order valence-corrected chi connectivity index (χ0v) is 20.8. The molecule has 0 fully saturated rings. The quantitative estimate of drug-likeness (QED) is 0.127. The van der Waals surface area contributed by atoms with Crippen molar-refractivity contribution in [3.05, 3.63) is 84.2 Å². The molecule has 9 nitrogen and oxygen atoms in total. The lowest BCUT2D eigenvalue weighted by molar-refractivity contribution is -0.131. The molecule has 2 aromatic heterocycles. The molecule has 36 heavy (non-hydrogen) atoms. The zero-order chi connectivity index (χ0) is 25.5. The van der Waals surface area contributed by atoms with Gasteiger partial charge in [-0.1, -0.05) is 29.5 Å². The molecular weight excluding hydrogens is 476 g/mol. The smallest absolute Gasteiger partial charge is 0.308 e. The summed E-state index contributed by atoms with van der Waals surface area (Å²) < 4.78 is 6.95. The largest absolute Gasteiger partial charge is 0.427 e. The van der Waals surface area contributed by atoms with Gasteiger partial charge in [-0.05, 0) is 67.9 Å². The molecule has 0 atom stereocenters. The Bertz CT molecular complexity index is 1380. The average Bonchev–Trinajstić information content (AvgIpc) is 3.31. The van der Waals surface area contributed by atoms with E-state index in [1.54, 1.807) is 43.6 Å². The predicted octanol–water partition coefficient (Wildman–Crippen LogP) is 4.20. The van der Waals surface area contributed by atoms with Crippen molar-refractivity contribution in [2.24, 2.45) is 5.10 Å². The van der Waals surface area contributed by atoms with E-state index in [0.29, 0.717) is 22.4 Å². The summed E-state index contributed by atoms with van der Waals surface area (Å²) in [5.74, 6) is 0.546. The van der Waals surface area contributed by atoms with Crippen molar-refractivity contribution in [2.75, 3.05) is 5.75 Å². The second-order valence-corrected chi connectivity index (χ2v) is 8.79. The lowest BCUT2D eigenvalue weighted by Gasteiger charge is -2.10. The van der Waals surface area contributed by atoms with E-state index in [-0.39, 0.29) is 17.6 Å². The molecule has 2 aromatic carbocycles. The van der Waals surface area contributed by atoms with E-state index in [4.69, 9.17) is 4.74 Å². The lowest BCUT2D eigenvalue weighted by Crippen LogP contribution is -2.21. The van der Waals surface area contributed by atoms with Gasteiger partial charge in [0.25, 0.3) is 5.91 Å². The summed E-state index contributed by atoms with van der Waals surface area (Å²) in [5.41, 5.74) is 6.89. The number of aromatic nitrogens is 4. The predicted molar refractivity (Wildman–Crippen MR) is 138 cm³/mol. The third-order valence-corrected chi connectivity index (χ3v) is 6.01. The maximum Gasteiger partial charge on any atom is 0.308 e. The third kappa shape index (κ3) is 6.22. The van der Waals surface area contributed by atoms with E-state index in [9.17, 15) is 9.59 Å². The van der Waals surface area contributed by atoms with Gasteiger partial charge in [-0.25, -0.2) is 5.43 Å². The Morgan fingerprint density at radius 2 is 1.67 bits per heavy atom. The number of rotatable bonds is 8. The van der Waals surface area contributed by atoms with Crippen molar-refractivity contribution in [3.63, 3.8) is 0 Å². The van der Waals surface area contributed by atoms with Crippen molar-refractivity contribution in [3.8, 4) is 22.8 Å². The summed E-state index contributed by atoms with van der Waals surface area (Å²) in [4.78, 5) is 27.7. The minimum absolute atomic E-state index is 0.0997. The van der Waals surface area contributed by atoms with Crippen LogP contribution in [0.15, 0.2) is 83.3 Å². The molecule has 182 valence electrons. The summed E-state index contributed by atoms with van der Waals surface area (Å²) >= 11 is 1.27. The number of nitrogens with zero attached hydrogens (tertiary/aromatic N) is 5. The highest BCUT2D eigenvalue weighted by atomic mass is 32.2. The molecule has 4 rings (SSSR count). The van der Waals surface area contributed by atoms with Crippen LogP contribution in [0.5, 0.6) is 5.75 Å². The van der Waals surface area contributed by atoms with E-state index in [1.165, 1.54) is 18.7 Å². The van der Waals surface area contributed by atoms with Crippen LogP contribution in [0, 0.1) is 6.92 Å². The van der Waals surface area contributed by atoms with Gasteiger partial charge in [0.15, 0.2) is 11.0 Å². The molecule has 1 N–H and O–H groups in total. The lowest BCUT2D eigenvalue weighted by atomic mass is 10.1. The maximum absolute atomic E-state index is 12.5. The Morgan fingerprint density at radius 1 is 0.972 bits per heavy atom. The molecule has 0 saturated heterocycles. The highest BCUT2D eigenvalue weighted by Crippen LogP contribution is 2.27. The van der Waals surface area contributed by atoms with E-state index in [0.717, 1.165) is 22.4 Å². The van der Waals surface area contributed by atoms with Gasteiger partial charge in [-0.15, -0.1) is 10.2 Å². The van der Waals surface area contributed by atoms with E-state index >= 15 is 0 Å². The Kier molecular flexibility index (Phi) is 7.86. The van der Waals surface area contributed by atoms with E-state index < -0.39 is 0 Å². The molecular formula is C26H24N6O3S. The fourth-order valence-electron chi connectivity index (χ4n) is 3.28. The number of benzene rings is 2. The summed E-state index contributed by atoms with van der Waals surface area (Å²) in [6, 6.07) is 18.6. The van der Waals surface area contributed by atoms with Crippen LogP contribution in [0.2, 0.25) is 0 Å². The number of pyridine rings is 1. The standard InChI is InChI=1S/C26H24N6O3S/c1-17-4-8-22(9-5-17)32-25(21-12-14-27-15-13-21)30-31-26(32)36-16-24(34)29-28-18(2)20-6-10-23(11-7-20)35-19(3)33/h4-15H,16H2,1-3H3,(H,29,34)/b28-18+. The number of aryl methyl sites for hydroxylation is 1. The number of amides is 1. The van der Waals surface area contributed by atoms with Crippen molar-refractivity contribution < 1.29 is 14.3 Å². The van der Waals surface area contributed by atoms with Crippen molar-refractivity contribution in [2.45, 2.75) is 25.9 Å². The number of nitrogens with one attached hydrogen (secondary N) is 1. The van der Waals surface area contributed by atoms with Gasteiger partial charge in [0.1, 0.15) is 5.75 Å². The van der Waals surface area contributed by atoms with Crippen LogP contribution in [-0.4, -0.2) is 43.1 Å². The molecule has 0 bridgehead atoms. The monoisotopic (exact) mass is 500 g/mol. The van der Waals surface area contributed by atoms with Crippen LogP contribution >= 0.6 is 11.8 Å². The zero-order valence-electron chi connectivity index (χ0n) is 20.0. The van der Waals surface area contributed by atoms with Gasteiger partial charge in [0.05, 0.1) is 11.5 Å². The summed E-state index contributed by atoms with van der Waals surface area (Å²) in [6.07, 6.45) is 3.40. The first-order valence-corrected chi connectivity index (χ1v) is 12.1. The van der Waals surface area contributed by atoms with Crippen LogP contribution in [0.4, 0.5) is 0 Å². The van der Waals surface area contributed by atoms with E-state index in [1.807, 2.05) is 47.9 Å². The average molecular weight is 501 g/mol. The van der Waals surface area contributed by atoms with Crippen LogP contribution in [0.1, 0.15) is 25.0 Å². The molecule has 0 aliphatic rings. The minimum Gasteiger partial charge on any atom is -0.427 e. The SMILES string of the molecule is CC(=O)Oc1ccc(/C(C)=N/NC(=O)CSc2nnc(-c3ccncc3)n2-c2ccc(C)cc2)cc1. The Morgan fingerprint density at radius 3 is 2.33 bits per heavy atom. The first-order valence-electron chi connectivity index (χ1n) is 11.1. The number of hydrogen-bond acceptors (Lipinski definition) is 8. The number of carbonyl (C=O) groups excluding carboxylic acids is 2.